The van der Waals surface area contributed by atoms with Crippen LogP contribution >= 0.6 is 21.6 Å². The lowest BCUT2D eigenvalue weighted by Crippen LogP contribution is -2.44. The van der Waals surface area contributed by atoms with Crippen molar-refractivity contribution in [2.45, 2.75) is 11.1 Å². The number of pyridine rings is 1. The van der Waals surface area contributed by atoms with Gasteiger partial charge in [-0.2, -0.15) is 0 Å². The molecule has 0 aromatic carbocycles. The molecule has 12 heteroatoms. The average molecular weight is 348 g/mol. The van der Waals surface area contributed by atoms with E-state index < -0.39 is 29.4 Å². The number of hydrogen-bond donors (Lipinski definition) is 3. The first-order chi connectivity index (χ1) is 10.5. The predicted molar refractivity (Wildman–Crippen MR) is 78.9 cm³/mol. The van der Waals surface area contributed by atoms with Gasteiger partial charge in [-0.05, 0) is 16.9 Å². The average Bonchev–Trinajstić information content (AvgIpc) is 2.46. The summed E-state index contributed by atoms with van der Waals surface area (Å²) in [4.78, 5) is 40.5. The van der Waals surface area contributed by atoms with E-state index in [1.54, 1.807) is 0 Å². The molecule has 1 heterocycles. The molecule has 10 nitrogen and oxygen atoms in total. The summed E-state index contributed by atoms with van der Waals surface area (Å²) >= 11 is 0. The highest BCUT2D eigenvalue weighted by atomic mass is 33.1. The quantitative estimate of drug-likeness (QED) is 0.319. The number of amides is 1. The lowest BCUT2D eigenvalue weighted by atomic mass is 10.3. The van der Waals surface area contributed by atoms with E-state index in [9.17, 15) is 19.7 Å². The van der Waals surface area contributed by atoms with Crippen LogP contribution < -0.4 is 11.2 Å². The number of aliphatic carboxylic acids is 1. The fourth-order valence-electron chi connectivity index (χ4n) is 1.23. The second-order valence-corrected chi connectivity index (χ2v) is 6.05. The Kier molecular flexibility index (Phi) is 7.59. The zero-order valence-corrected chi connectivity index (χ0v) is 12.6. The number of carboxylic acids is 1. The molecule has 0 aliphatic carbocycles. The molecule has 120 valence electrons. The first-order valence-electron chi connectivity index (χ1n) is 5.68. The van der Waals surface area contributed by atoms with Crippen molar-refractivity contribution in [1.82, 2.24) is 10.3 Å². The third-order valence-corrected chi connectivity index (χ3v) is 4.46. The maximum atomic E-state index is 11.2. The molecular weight excluding hydrogens is 336 g/mol. The van der Waals surface area contributed by atoms with Crippen molar-refractivity contribution in [3.8, 4) is 0 Å². The van der Waals surface area contributed by atoms with Crippen molar-refractivity contribution in [2.24, 2.45) is 5.90 Å². The van der Waals surface area contributed by atoms with Crippen molar-refractivity contribution in [1.29, 1.82) is 0 Å². The Morgan fingerprint density at radius 2 is 2.32 bits per heavy atom. The van der Waals surface area contributed by atoms with Crippen LogP contribution in [0.1, 0.15) is 0 Å². The molecule has 1 aromatic heterocycles. The number of carbonyl (C=O) groups is 2. The lowest BCUT2D eigenvalue weighted by molar-refractivity contribution is -0.388. The van der Waals surface area contributed by atoms with Gasteiger partial charge < -0.3 is 10.4 Å². The van der Waals surface area contributed by atoms with Gasteiger partial charge in [-0.15, -0.1) is 0 Å². The van der Waals surface area contributed by atoms with E-state index in [-0.39, 0.29) is 16.5 Å². The number of nitrogens with two attached hydrogens (primary N) is 1. The van der Waals surface area contributed by atoms with Crippen LogP contribution in [0.4, 0.5) is 5.69 Å². The van der Waals surface area contributed by atoms with Crippen molar-refractivity contribution in [3.63, 3.8) is 0 Å². The molecule has 0 saturated heterocycles. The van der Waals surface area contributed by atoms with Gasteiger partial charge in [0, 0.05) is 18.0 Å². The van der Waals surface area contributed by atoms with Crippen molar-refractivity contribution in [3.05, 3.63) is 28.4 Å². The van der Waals surface area contributed by atoms with Crippen LogP contribution in [-0.4, -0.2) is 45.3 Å². The second kappa shape index (κ2) is 9.19. The third kappa shape index (κ3) is 5.85. The van der Waals surface area contributed by atoms with E-state index in [1.165, 1.54) is 18.3 Å². The summed E-state index contributed by atoms with van der Waals surface area (Å²) in [7, 11) is 1.97. The molecule has 4 N–H and O–H groups in total. The summed E-state index contributed by atoms with van der Waals surface area (Å²) in [5.74, 6) is 2.77. The number of carboxylic acid groups (broad SMARTS) is 1. The number of aromatic nitrogens is 1. The molecule has 1 atom stereocenters. The molecule has 0 aliphatic rings. The minimum absolute atomic E-state index is 0.0238. The Balaban J connectivity index is 2.58. The van der Waals surface area contributed by atoms with E-state index in [0.29, 0.717) is 0 Å². The minimum Gasteiger partial charge on any atom is -0.480 e. The topological polar surface area (TPSA) is 158 Å². The van der Waals surface area contributed by atoms with Crippen LogP contribution in [0.5, 0.6) is 0 Å². The summed E-state index contributed by atoms with van der Waals surface area (Å²) in [5, 5.41) is 22.2. The number of carbonyl (C=O) groups excluding carboxylic acids is 1. The van der Waals surface area contributed by atoms with E-state index in [2.05, 4.69) is 15.1 Å². The Bertz CT molecular complexity index is 558. The minimum atomic E-state index is -1.24. The molecule has 1 aromatic rings. The lowest BCUT2D eigenvalue weighted by Gasteiger charge is -2.13. The predicted octanol–water partition coefficient (Wildman–Crippen LogP) is 0.190. The molecule has 0 bridgehead atoms. The highest BCUT2D eigenvalue weighted by molar-refractivity contribution is 8.76. The largest absolute Gasteiger partial charge is 0.480 e. The Hall–Kier alpha value is -1.89. The van der Waals surface area contributed by atoms with Gasteiger partial charge in [0.1, 0.15) is 12.6 Å². The number of rotatable bonds is 9. The summed E-state index contributed by atoms with van der Waals surface area (Å²) in [5.41, 5.74) is -0.174. The molecule has 0 aliphatic heterocycles. The highest BCUT2D eigenvalue weighted by Crippen LogP contribution is 2.35. The van der Waals surface area contributed by atoms with Gasteiger partial charge in [0.25, 0.3) is 0 Å². The first kappa shape index (κ1) is 18.2. The SMILES string of the molecule is NOCC(=O)N[C@@H](CSSc1ncccc1[N+](=O)[O-])C(=O)O. The van der Waals surface area contributed by atoms with Crippen LogP contribution in [-0.2, 0) is 14.4 Å². The summed E-state index contributed by atoms with van der Waals surface area (Å²) < 4.78 is 0. The molecule has 22 heavy (non-hydrogen) atoms. The van der Waals surface area contributed by atoms with Crippen molar-refractivity contribution < 1.29 is 24.5 Å². The van der Waals surface area contributed by atoms with Gasteiger partial charge in [-0.25, -0.2) is 15.7 Å². The Morgan fingerprint density at radius 1 is 1.59 bits per heavy atom. The van der Waals surface area contributed by atoms with Gasteiger partial charge >= 0.3 is 11.7 Å². The highest BCUT2D eigenvalue weighted by Gasteiger charge is 2.21. The van der Waals surface area contributed by atoms with Crippen LogP contribution in [0.25, 0.3) is 0 Å². The molecular formula is C10H12N4O6S2. The first-order valence-corrected chi connectivity index (χ1v) is 8.00. The van der Waals surface area contributed by atoms with E-state index in [0.717, 1.165) is 21.6 Å². The normalized spacial score (nSPS) is 11.7. The summed E-state index contributed by atoms with van der Waals surface area (Å²) in [6.07, 6.45) is 1.39. The standard InChI is InChI=1S/C10H12N4O6S2/c11-20-4-8(15)13-6(10(16)17)5-21-22-9-7(14(18)19)2-1-3-12-9/h1-3,6H,4-5,11H2,(H,13,15)(H,16,17)/t6-/m0/s1. The molecule has 1 rings (SSSR count). The van der Waals surface area contributed by atoms with Gasteiger partial charge in [0.15, 0.2) is 5.03 Å². The molecule has 0 fully saturated rings. The summed E-state index contributed by atoms with van der Waals surface area (Å²) in [6, 6.07) is 1.55. The van der Waals surface area contributed by atoms with Crippen LogP contribution in [0.15, 0.2) is 23.4 Å². The molecule has 0 spiro atoms. The maximum Gasteiger partial charge on any atom is 0.327 e. The molecule has 0 radical (unpaired) electrons. The fourth-order valence-corrected chi connectivity index (χ4v) is 3.44. The smallest absolute Gasteiger partial charge is 0.327 e. The zero-order chi connectivity index (χ0) is 16.5. The Labute approximate surface area is 132 Å². The van der Waals surface area contributed by atoms with Gasteiger partial charge in [0.05, 0.1) is 4.92 Å². The zero-order valence-electron chi connectivity index (χ0n) is 11.0. The fraction of sp³-hybridized carbons (Fsp3) is 0.300. The van der Waals surface area contributed by atoms with Gasteiger partial charge in [-0.3, -0.25) is 19.7 Å². The van der Waals surface area contributed by atoms with E-state index >= 15 is 0 Å². The second-order valence-electron chi connectivity index (χ2n) is 3.72. The number of nitrogens with one attached hydrogen (secondary N) is 1. The van der Waals surface area contributed by atoms with Crippen molar-refractivity contribution >= 4 is 39.2 Å². The van der Waals surface area contributed by atoms with E-state index in [4.69, 9.17) is 11.0 Å². The van der Waals surface area contributed by atoms with Crippen LogP contribution in [0.2, 0.25) is 0 Å². The third-order valence-electron chi connectivity index (χ3n) is 2.17. The number of nitro groups is 1. The summed E-state index contributed by atoms with van der Waals surface area (Å²) in [6.45, 7) is -0.465. The molecule has 1 amide bonds. The van der Waals surface area contributed by atoms with Gasteiger partial charge in [0.2, 0.25) is 5.91 Å². The molecule has 0 saturated carbocycles. The van der Waals surface area contributed by atoms with Crippen molar-refractivity contribution in [2.75, 3.05) is 12.4 Å². The van der Waals surface area contributed by atoms with E-state index in [1.807, 2.05) is 0 Å². The van der Waals surface area contributed by atoms with Gasteiger partial charge in [-0.1, -0.05) is 10.8 Å². The monoisotopic (exact) mass is 348 g/mol. The number of nitrogens with zero attached hydrogens (tertiary/aromatic N) is 2. The maximum absolute atomic E-state index is 11.2. The van der Waals surface area contributed by atoms with Crippen LogP contribution in [0, 0.1) is 10.1 Å². The van der Waals surface area contributed by atoms with Crippen LogP contribution in [0.3, 0.4) is 0 Å². The number of hydrogen-bond acceptors (Lipinski definition) is 9. The molecule has 0 unspecified atom stereocenters. The Morgan fingerprint density at radius 3 is 2.91 bits per heavy atom.